The minimum Gasteiger partial charge on any atom is -0.458 e. The van der Waals surface area contributed by atoms with Crippen LogP contribution in [0.4, 0.5) is 4.39 Å². The zero-order valence-corrected chi connectivity index (χ0v) is 19.8. The van der Waals surface area contributed by atoms with Crippen molar-refractivity contribution in [1.82, 2.24) is 0 Å². The van der Waals surface area contributed by atoms with Crippen LogP contribution in [0.5, 0.6) is 0 Å². The third kappa shape index (κ3) is 3.00. The highest BCUT2D eigenvalue weighted by Gasteiger charge is 2.75. The van der Waals surface area contributed by atoms with Gasteiger partial charge in [0.1, 0.15) is 5.60 Å². The topological polar surface area (TPSA) is 97.7 Å². The van der Waals surface area contributed by atoms with Gasteiger partial charge >= 0.3 is 5.97 Å². The van der Waals surface area contributed by atoms with E-state index in [-0.39, 0.29) is 18.6 Å². The van der Waals surface area contributed by atoms with E-state index >= 15 is 4.39 Å². The van der Waals surface area contributed by atoms with E-state index in [1.165, 1.54) is 18.2 Å². The van der Waals surface area contributed by atoms with Crippen LogP contribution in [0, 0.1) is 28.6 Å². The number of Topliss-reactive ketones (excluding diaryl/α,β-unsaturated/α-hetero) is 2. The summed E-state index contributed by atoms with van der Waals surface area (Å²) in [7, 11) is 0. The van der Waals surface area contributed by atoms with Gasteiger partial charge in [-0.2, -0.15) is 0 Å². The summed E-state index contributed by atoms with van der Waals surface area (Å²) in [5, 5.41) is 11.8. The lowest BCUT2D eigenvalue weighted by Crippen LogP contribution is -2.68. The Labute approximate surface area is 193 Å². The highest BCUT2D eigenvalue weighted by atomic mass is 19.1. The van der Waals surface area contributed by atoms with Gasteiger partial charge in [0.25, 0.3) is 0 Å². The number of hydrogen-bond donors (Lipinski definition) is 1. The van der Waals surface area contributed by atoms with Crippen molar-refractivity contribution in [1.29, 1.82) is 0 Å². The van der Waals surface area contributed by atoms with Gasteiger partial charge in [0.15, 0.2) is 23.8 Å². The first-order valence-corrected chi connectivity index (χ1v) is 11.9. The largest absolute Gasteiger partial charge is 0.458 e. The number of alkyl halides is 1. The molecule has 33 heavy (non-hydrogen) atoms. The maximum absolute atomic E-state index is 17.0. The molecule has 4 rings (SSSR count). The van der Waals surface area contributed by atoms with Crippen LogP contribution in [0.3, 0.4) is 0 Å². The summed E-state index contributed by atoms with van der Waals surface area (Å²) in [5.74, 6) is -3.59. The van der Waals surface area contributed by atoms with Gasteiger partial charge in [-0.05, 0) is 56.6 Å². The van der Waals surface area contributed by atoms with Crippen LogP contribution in [-0.4, -0.2) is 46.3 Å². The van der Waals surface area contributed by atoms with Crippen molar-refractivity contribution in [2.45, 2.75) is 77.5 Å². The van der Waals surface area contributed by atoms with Crippen molar-refractivity contribution in [3.8, 4) is 0 Å². The van der Waals surface area contributed by atoms with Gasteiger partial charge in [-0.25, -0.2) is 4.39 Å². The van der Waals surface area contributed by atoms with Gasteiger partial charge in [0, 0.05) is 29.6 Å². The average Bonchev–Trinajstić information content (AvgIpc) is 2.95. The van der Waals surface area contributed by atoms with Gasteiger partial charge in [-0.3, -0.25) is 19.2 Å². The van der Waals surface area contributed by atoms with Crippen molar-refractivity contribution in [2.75, 3.05) is 6.61 Å². The van der Waals surface area contributed by atoms with E-state index in [4.69, 9.17) is 4.74 Å². The van der Waals surface area contributed by atoms with Gasteiger partial charge in [0.2, 0.25) is 5.78 Å². The molecule has 6 nitrogen and oxygen atoms in total. The molecule has 0 spiro atoms. The fraction of sp³-hybridized carbons (Fsp3) is 0.692. The first-order chi connectivity index (χ1) is 15.4. The Morgan fingerprint density at radius 2 is 1.94 bits per heavy atom. The number of rotatable bonds is 5. The van der Waals surface area contributed by atoms with E-state index in [2.05, 4.69) is 0 Å². The second-order valence-electron chi connectivity index (χ2n) is 10.8. The Kier molecular flexibility index (Phi) is 5.59. The molecular formula is C26H33FO6. The minimum atomic E-state index is -2.21. The number of hydrogen-bond acceptors (Lipinski definition) is 6. The van der Waals surface area contributed by atoms with Gasteiger partial charge < -0.3 is 9.84 Å². The van der Waals surface area contributed by atoms with Gasteiger partial charge in [-0.15, -0.1) is 0 Å². The molecule has 0 unspecified atom stereocenters. The third-order valence-electron chi connectivity index (χ3n) is 9.23. The molecule has 0 amide bonds. The molecule has 0 aliphatic heterocycles. The van der Waals surface area contributed by atoms with Crippen molar-refractivity contribution in [3.05, 3.63) is 23.8 Å². The number of carbonyl (C=O) groups is 4. The standard InChI is InChI=1S/C26H33FO6/c1-5-6-22(31)33-14-21(30)26(32)15(2)11-19-18-8-7-16-12-17(28)9-10-23(16,3)25(18,27)20(29)13-24(19,26)4/h9-10,12,15,18-19,32H,5-8,11,13-14H2,1-4H3/t15-,18-,19-,23-,24-,25-,26-/m0/s1. The minimum absolute atomic E-state index is 0.177. The quantitative estimate of drug-likeness (QED) is 0.631. The Hall–Kier alpha value is -2.15. The predicted molar refractivity (Wildman–Crippen MR) is 118 cm³/mol. The summed E-state index contributed by atoms with van der Waals surface area (Å²) in [6.07, 6.45) is 6.02. The second kappa shape index (κ2) is 7.69. The van der Waals surface area contributed by atoms with Gasteiger partial charge in [0.05, 0.1) is 0 Å². The Bertz CT molecular complexity index is 983. The number of fused-ring (bicyclic) bond motifs is 5. The highest BCUT2D eigenvalue weighted by Crippen LogP contribution is 2.69. The lowest BCUT2D eigenvalue weighted by Gasteiger charge is -2.59. The lowest BCUT2D eigenvalue weighted by atomic mass is 9.45. The van der Waals surface area contributed by atoms with E-state index in [1.54, 1.807) is 20.8 Å². The molecule has 3 saturated carbocycles. The molecule has 0 radical (unpaired) electrons. The molecule has 0 saturated heterocycles. The van der Waals surface area contributed by atoms with E-state index in [0.717, 1.165) is 0 Å². The second-order valence-corrected chi connectivity index (χ2v) is 10.8. The molecule has 1 N–H and O–H groups in total. The molecular weight excluding hydrogens is 427 g/mol. The lowest BCUT2D eigenvalue weighted by molar-refractivity contribution is -0.188. The van der Waals surface area contributed by atoms with Gasteiger partial charge in [-0.1, -0.05) is 32.4 Å². The maximum atomic E-state index is 17.0. The molecule has 0 aromatic heterocycles. The van der Waals surface area contributed by atoms with E-state index in [9.17, 15) is 24.3 Å². The Morgan fingerprint density at radius 1 is 1.24 bits per heavy atom. The number of esters is 1. The van der Waals surface area contributed by atoms with Crippen LogP contribution in [-0.2, 0) is 23.9 Å². The van der Waals surface area contributed by atoms with Crippen molar-refractivity contribution in [2.24, 2.45) is 28.6 Å². The molecule has 7 atom stereocenters. The summed E-state index contributed by atoms with van der Waals surface area (Å²) >= 11 is 0. The normalized spacial score (nSPS) is 43.9. The van der Waals surface area contributed by atoms with Crippen molar-refractivity contribution in [3.63, 3.8) is 0 Å². The van der Waals surface area contributed by atoms with Crippen LogP contribution in [0.25, 0.3) is 0 Å². The molecule has 0 aromatic carbocycles. The number of halogens is 1. The predicted octanol–water partition coefficient (Wildman–Crippen LogP) is 3.45. The van der Waals surface area contributed by atoms with Crippen molar-refractivity contribution < 1.29 is 33.4 Å². The van der Waals surface area contributed by atoms with E-state index in [1.807, 2.05) is 6.92 Å². The molecule has 0 aromatic rings. The summed E-state index contributed by atoms with van der Waals surface area (Å²) < 4.78 is 22.1. The fourth-order valence-corrected chi connectivity index (χ4v) is 7.40. The Balaban J connectivity index is 1.70. The SMILES string of the molecule is CCCC(=O)OCC(=O)[C@@]1(O)[C@@H](C)C[C@H]2[C@@H]3CCC4=CC(=O)C=C[C@]4(C)[C@@]3(F)C(=O)C[C@@]21C. The van der Waals surface area contributed by atoms with Crippen LogP contribution in [0.2, 0.25) is 0 Å². The Morgan fingerprint density at radius 3 is 2.61 bits per heavy atom. The van der Waals surface area contributed by atoms with Crippen LogP contribution in [0.15, 0.2) is 23.8 Å². The van der Waals surface area contributed by atoms with Crippen LogP contribution >= 0.6 is 0 Å². The summed E-state index contributed by atoms with van der Waals surface area (Å²) in [6.45, 7) is 6.39. The molecule has 4 aliphatic carbocycles. The first kappa shape index (κ1) is 24.0. The zero-order chi connectivity index (χ0) is 24.4. The third-order valence-corrected chi connectivity index (χ3v) is 9.23. The summed E-state index contributed by atoms with van der Waals surface area (Å²) in [6, 6.07) is 0. The van der Waals surface area contributed by atoms with Crippen molar-refractivity contribution >= 4 is 23.3 Å². The summed E-state index contributed by atoms with van der Waals surface area (Å²) in [4.78, 5) is 50.5. The highest BCUT2D eigenvalue weighted by molar-refractivity contribution is 6.03. The summed E-state index contributed by atoms with van der Waals surface area (Å²) in [5.41, 5.74) is -5.85. The number of allylic oxidation sites excluding steroid dienone is 4. The van der Waals surface area contributed by atoms with E-state index < -0.39 is 64.0 Å². The fourth-order valence-electron chi connectivity index (χ4n) is 7.40. The smallest absolute Gasteiger partial charge is 0.306 e. The molecule has 0 bridgehead atoms. The monoisotopic (exact) mass is 460 g/mol. The van der Waals surface area contributed by atoms with E-state index in [0.29, 0.717) is 31.3 Å². The molecule has 180 valence electrons. The number of ketones is 3. The molecule has 0 heterocycles. The van der Waals surface area contributed by atoms with Crippen LogP contribution in [0.1, 0.15) is 66.2 Å². The number of ether oxygens (including phenoxy) is 1. The molecule has 3 fully saturated rings. The first-order valence-electron chi connectivity index (χ1n) is 11.9. The zero-order valence-electron chi connectivity index (χ0n) is 19.8. The maximum Gasteiger partial charge on any atom is 0.306 e. The van der Waals surface area contributed by atoms with Crippen LogP contribution < -0.4 is 0 Å². The molecule has 4 aliphatic rings. The molecule has 7 heteroatoms. The number of carbonyl (C=O) groups excluding carboxylic acids is 4. The number of aliphatic hydroxyl groups is 1. The average molecular weight is 461 g/mol.